The lowest BCUT2D eigenvalue weighted by Gasteiger charge is -2.16. The van der Waals surface area contributed by atoms with E-state index >= 15 is 0 Å². The van der Waals surface area contributed by atoms with Crippen LogP contribution in [-0.2, 0) is 25.7 Å². The van der Waals surface area contributed by atoms with Gasteiger partial charge in [-0.3, -0.25) is 23.8 Å². The number of aromatic nitrogens is 4. The molecule has 3 aromatic rings. The highest BCUT2D eigenvalue weighted by atomic mass is 19.4. The molecule has 2 aromatic heterocycles. The van der Waals surface area contributed by atoms with Gasteiger partial charge in [-0.25, -0.2) is 4.79 Å². The number of nitrogen functional groups attached to an aromatic ring is 1. The number of halogens is 3. The Morgan fingerprint density at radius 1 is 1.21 bits per heavy atom. The minimum absolute atomic E-state index is 0.0301. The number of nitrogens with zero attached hydrogens (tertiary/aromatic N) is 3. The number of nitrogens with two attached hydrogens (primary N) is 1. The fraction of sp³-hybridized carbons (Fsp3) is 0.333. The summed E-state index contributed by atoms with van der Waals surface area (Å²) in [5.41, 5.74) is 4.21. The Balaban J connectivity index is 1.94. The fourth-order valence-electron chi connectivity index (χ4n) is 3.44. The van der Waals surface area contributed by atoms with E-state index in [1.807, 2.05) is 0 Å². The molecule has 176 valence electrons. The van der Waals surface area contributed by atoms with Gasteiger partial charge in [0.1, 0.15) is 11.5 Å². The molecule has 1 aromatic carbocycles. The molecule has 33 heavy (non-hydrogen) atoms. The van der Waals surface area contributed by atoms with Gasteiger partial charge in [-0.1, -0.05) is 25.1 Å². The standard InChI is InChI=1S/C21H23F3N6O3/c1-3-8-30-19(32)16(17(25)29(4-2)20(30)33)27-18(31)14-11-26-28-15(14)10-12-6-5-7-13(9-12)21(22,23)24/h5-7,9,11H,3-4,8,10,25H2,1-2H3,(H,26,28)(H,27,31). The van der Waals surface area contributed by atoms with Crippen LogP contribution < -0.4 is 22.3 Å². The molecular formula is C21H23F3N6O3. The number of alkyl halides is 3. The van der Waals surface area contributed by atoms with Crippen LogP contribution in [-0.4, -0.2) is 25.2 Å². The Kier molecular flexibility index (Phi) is 6.75. The average molecular weight is 464 g/mol. The van der Waals surface area contributed by atoms with Gasteiger partial charge < -0.3 is 11.1 Å². The van der Waals surface area contributed by atoms with E-state index in [2.05, 4.69) is 15.5 Å². The maximum Gasteiger partial charge on any atom is 0.416 e. The molecular weight excluding hydrogens is 441 g/mol. The lowest BCUT2D eigenvalue weighted by molar-refractivity contribution is -0.137. The second kappa shape index (κ2) is 9.35. The van der Waals surface area contributed by atoms with Crippen LogP contribution in [0.15, 0.2) is 40.1 Å². The first-order chi connectivity index (χ1) is 15.6. The number of H-pyrrole nitrogens is 1. The van der Waals surface area contributed by atoms with Crippen molar-refractivity contribution in [3.8, 4) is 0 Å². The zero-order valence-electron chi connectivity index (χ0n) is 18.0. The molecule has 9 nitrogen and oxygen atoms in total. The molecule has 0 spiro atoms. The summed E-state index contributed by atoms with van der Waals surface area (Å²) in [6, 6.07) is 4.72. The number of carbonyl (C=O) groups is 1. The SMILES string of the molecule is CCCn1c(=O)c(NC(=O)c2cn[nH]c2Cc2cccc(C(F)(F)F)c2)c(N)n(CC)c1=O. The predicted octanol–water partition coefficient (Wildman–Crippen LogP) is 2.61. The predicted molar refractivity (Wildman–Crippen MR) is 116 cm³/mol. The summed E-state index contributed by atoms with van der Waals surface area (Å²) < 4.78 is 41.2. The second-order valence-corrected chi connectivity index (χ2v) is 7.34. The van der Waals surface area contributed by atoms with E-state index in [1.54, 1.807) is 13.8 Å². The maximum absolute atomic E-state index is 13.0. The maximum atomic E-state index is 13.0. The third-order valence-electron chi connectivity index (χ3n) is 5.07. The van der Waals surface area contributed by atoms with Crippen molar-refractivity contribution in [2.45, 2.75) is 46.0 Å². The lowest BCUT2D eigenvalue weighted by Crippen LogP contribution is -2.42. The Labute approximate surface area is 186 Å². The molecule has 0 aliphatic carbocycles. The van der Waals surface area contributed by atoms with Crippen LogP contribution in [0, 0.1) is 0 Å². The second-order valence-electron chi connectivity index (χ2n) is 7.34. The molecule has 0 aliphatic heterocycles. The summed E-state index contributed by atoms with van der Waals surface area (Å²) in [4.78, 5) is 38.2. The normalized spacial score (nSPS) is 11.5. The Hall–Kier alpha value is -3.83. The summed E-state index contributed by atoms with van der Waals surface area (Å²) in [5, 5.41) is 8.87. The largest absolute Gasteiger partial charge is 0.416 e. The van der Waals surface area contributed by atoms with Gasteiger partial charge in [0.2, 0.25) is 0 Å². The molecule has 0 saturated heterocycles. The van der Waals surface area contributed by atoms with E-state index in [0.717, 1.165) is 16.7 Å². The van der Waals surface area contributed by atoms with Crippen LogP contribution >= 0.6 is 0 Å². The third-order valence-corrected chi connectivity index (χ3v) is 5.07. The average Bonchev–Trinajstić information content (AvgIpc) is 3.22. The van der Waals surface area contributed by atoms with Crippen molar-refractivity contribution >= 4 is 17.4 Å². The first-order valence-corrected chi connectivity index (χ1v) is 10.2. The third kappa shape index (κ3) is 4.83. The molecule has 0 fully saturated rings. The van der Waals surface area contributed by atoms with Gasteiger partial charge in [-0.15, -0.1) is 0 Å². The van der Waals surface area contributed by atoms with Crippen molar-refractivity contribution in [3.05, 3.63) is 73.7 Å². The van der Waals surface area contributed by atoms with Crippen LogP contribution in [0.1, 0.15) is 47.4 Å². The molecule has 3 rings (SSSR count). The summed E-state index contributed by atoms with van der Waals surface area (Å²) in [5.74, 6) is -0.921. The van der Waals surface area contributed by atoms with Gasteiger partial charge in [-0.05, 0) is 25.0 Å². The highest BCUT2D eigenvalue weighted by Crippen LogP contribution is 2.30. The number of hydrogen-bond acceptors (Lipinski definition) is 5. The summed E-state index contributed by atoms with van der Waals surface area (Å²) in [6.07, 6.45) is -2.81. The van der Waals surface area contributed by atoms with Crippen LogP contribution in [0.4, 0.5) is 24.7 Å². The Morgan fingerprint density at radius 3 is 2.58 bits per heavy atom. The Bertz CT molecular complexity index is 1290. The molecule has 0 bridgehead atoms. The number of amides is 1. The smallest absolute Gasteiger partial charge is 0.383 e. The van der Waals surface area contributed by atoms with Crippen molar-refractivity contribution in [1.29, 1.82) is 0 Å². The van der Waals surface area contributed by atoms with Crippen molar-refractivity contribution < 1.29 is 18.0 Å². The lowest BCUT2D eigenvalue weighted by atomic mass is 10.0. The number of nitrogens with one attached hydrogen (secondary N) is 2. The molecule has 12 heteroatoms. The van der Waals surface area contributed by atoms with E-state index in [9.17, 15) is 27.6 Å². The topological polar surface area (TPSA) is 128 Å². The van der Waals surface area contributed by atoms with Crippen molar-refractivity contribution in [1.82, 2.24) is 19.3 Å². The van der Waals surface area contributed by atoms with Crippen LogP contribution in [0.5, 0.6) is 0 Å². The first-order valence-electron chi connectivity index (χ1n) is 10.2. The summed E-state index contributed by atoms with van der Waals surface area (Å²) in [7, 11) is 0. The minimum atomic E-state index is -4.50. The van der Waals surface area contributed by atoms with E-state index in [0.29, 0.717) is 12.0 Å². The number of hydrogen-bond donors (Lipinski definition) is 3. The van der Waals surface area contributed by atoms with Gasteiger partial charge >= 0.3 is 11.9 Å². The zero-order chi connectivity index (χ0) is 24.3. The van der Waals surface area contributed by atoms with Gasteiger partial charge in [0.25, 0.3) is 11.5 Å². The number of aromatic amines is 1. The van der Waals surface area contributed by atoms with Gasteiger partial charge in [0, 0.05) is 19.5 Å². The molecule has 0 saturated carbocycles. The molecule has 1 amide bonds. The van der Waals surface area contributed by atoms with Gasteiger partial charge in [-0.2, -0.15) is 18.3 Å². The molecule has 0 aliphatic rings. The van der Waals surface area contributed by atoms with E-state index in [-0.39, 0.29) is 42.3 Å². The van der Waals surface area contributed by atoms with E-state index < -0.39 is 28.9 Å². The molecule has 0 atom stereocenters. The monoisotopic (exact) mass is 464 g/mol. The van der Waals surface area contributed by atoms with Crippen molar-refractivity contribution in [3.63, 3.8) is 0 Å². The van der Waals surface area contributed by atoms with Crippen molar-refractivity contribution in [2.75, 3.05) is 11.1 Å². The minimum Gasteiger partial charge on any atom is -0.383 e. The van der Waals surface area contributed by atoms with Gasteiger partial charge in [0.15, 0.2) is 0 Å². The highest BCUT2D eigenvalue weighted by molar-refractivity contribution is 6.06. The number of benzene rings is 1. The number of rotatable bonds is 7. The quantitative estimate of drug-likeness (QED) is 0.495. The zero-order valence-corrected chi connectivity index (χ0v) is 18.0. The molecule has 0 unspecified atom stereocenters. The van der Waals surface area contributed by atoms with E-state index in [1.165, 1.54) is 22.9 Å². The van der Waals surface area contributed by atoms with Crippen LogP contribution in [0.2, 0.25) is 0 Å². The molecule has 4 N–H and O–H groups in total. The summed E-state index contributed by atoms with van der Waals surface area (Å²) in [6.45, 7) is 3.80. The van der Waals surface area contributed by atoms with Crippen molar-refractivity contribution in [2.24, 2.45) is 0 Å². The molecule has 2 heterocycles. The first kappa shape index (κ1) is 23.8. The van der Waals surface area contributed by atoms with Gasteiger partial charge in [0.05, 0.1) is 23.0 Å². The van der Waals surface area contributed by atoms with Crippen LogP contribution in [0.3, 0.4) is 0 Å². The highest BCUT2D eigenvalue weighted by Gasteiger charge is 2.30. The fourth-order valence-corrected chi connectivity index (χ4v) is 3.44. The van der Waals surface area contributed by atoms with Crippen LogP contribution in [0.25, 0.3) is 0 Å². The molecule has 0 radical (unpaired) electrons. The number of carbonyl (C=O) groups excluding carboxylic acids is 1. The Morgan fingerprint density at radius 2 is 1.94 bits per heavy atom. The number of anilines is 2. The van der Waals surface area contributed by atoms with E-state index in [4.69, 9.17) is 5.73 Å². The summed E-state index contributed by atoms with van der Waals surface area (Å²) >= 11 is 0.